The minimum absolute atomic E-state index is 0.167. The number of unbranched alkanes of at least 4 members (excludes halogenated alkanes) is 4. The second kappa shape index (κ2) is 15.0. The van der Waals surface area contributed by atoms with Crippen LogP contribution >= 0.6 is 0 Å². The quantitative estimate of drug-likeness (QED) is 0.0951. The molecule has 0 aromatic heterocycles. The summed E-state index contributed by atoms with van der Waals surface area (Å²) in [5.74, 6) is 0.973. The number of carbonyl (C=O) groups excluding carboxylic acids is 2. The average molecular weight is 589 g/mol. The lowest BCUT2D eigenvalue weighted by Gasteiger charge is -2.19. The second-order valence-corrected chi connectivity index (χ2v) is 10.6. The number of ether oxygens (including phenoxy) is 2. The van der Waals surface area contributed by atoms with E-state index in [4.69, 9.17) is 9.47 Å². The molecule has 0 atom stereocenters. The van der Waals surface area contributed by atoms with Crippen LogP contribution in [0.1, 0.15) is 84.2 Å². The van der Waals surface area contributed by atoms with Crippen molar-refractivity contribution in [1.82, 2.24) is 0 Å². The largest absolute Gasteiger partial charge is 0.494 e. The number of nitrogens with zero attached hydrogens (tertiary/aromatic N) is 4. The third-order valence-corrected chi connectivity index (χ3v) is 7.29. The number of fused-ring (bicyclic) bond motifs is 2. The first-order valence-corrected chi connectivity index (χ1v) is 15.2. The first-order valence-electron chi connectivity index (χ1n) is 15.2. The van der Waals surface area contributed by atoms with Gasteiger partial charge in [-0.15, -0.1) is 10.2 Å². The Kier molecular flexibility index (Phi) is 10.4. The molecule has 0 aliphatic heterocycles. The lowest BCUT2D eigenvalue weighted by Crippen LogP contribution is -2.20. The van der Waals surface area contributed by atoms with Gasteiger partial charge in [-0.05, 0) is 73.5 Å². The van der Waals surface area contributed by atoms with Gasteiger partial charge in [-0.1, -0.05) is 63.8 Å². The Morgan fingerprint density at radius 2 is 1.05 bits per heavy atom. The number of rotatable bonds is 14. The van der Waals surface area contributed by atoms with Crippen LogP contribution in [0.15, 0.2) is 105 Å². The Morgan fingerprint density at radius 1 is 0.523 bits per heavy atom. The molecule has 0 saturated carbocycles. The zero-order chi connectivity index (χ0) is 30.7. The predicted molar refractivity (Wildman–Crippen MR) is 171 cm³/mol. The molecule has 0 radical (unpaired) electrons. The molecule has 4 aromatic rings. The van der Waals surface area contributed by atoms with Crippen molar-refractivity contribution in [3.05, 3.63) is 107 Å². The molecule has 0 fully saturated rings. The van der Waals surface area contributed by atoms with E-state index in [1.165, 1.54) is 0 Å². The van der Waals surface area contributed by atoms with Crippen molar-refractivity contribution >= 4 is 34.3 Å². The number of benzene rings is 4. The summed E-state index contributed by atoms with van der Waals surface area (Å²) >= 11 is 0. The van der Waals surface area contributed by atoms with Gasteiger partial charge < -0.3 is 9.47 Å². The molecule has 0 N–H and O–H groups in total. The summed E-state index contributed by atoms with van der Waals surface area (Å²) in [6, 6.07) is 24.7. The molecule has 1 aliphatic carbocycles. The highest BCUT2D eigenvalue weighted by Crippen LogP contribution is 2.41. The summed E-state index contributed by atoms with van der Waals surface area (Å²) < 4.78 is 11.6. The fourth-order valence-electron chi connectivity index (χ4n) is 4.86. The SMILES string of the molecule is CCCCCOc1ccc(N=Nc2ccc3c(c2N=Nc2ccc(OCCCCC)cc2)C(=O)c2ccccc2C3=O)cc1. The third-order valence-electron chi connectivity index (χ3n) is 7.29. The summed E-state index contributed by atoms with van der Waals surface area (Å²) in [6.07, 6.45) is 6.54. The predicted octanol–water partition coefficient (Wildman–Crippen LogP) is 10.4. The van der Waals surface area contributed by atoms with E-state index in [0.29, 0.717) is 41.4 Å². The summed E-state index contributed by atoms with van der Waals surface area (Å²) in [4.78, 5) is 27.1. The summed E-state index contributed by atoms with van der Waals surface area (Å²) in [7, 11) is 0. The lowest BCUT2D eigenvalue weighted by atomic mass is 9.83. The Balaban J connectivity index is 1.44. The van der Waals surface area contributed by atoms with Crippen LogP contribution in [-0.4, -0.2) is 24.8 Å². The summed E-state index contributed by atoms with van der Waals surface area (Å²) in [6.45, 7) is 5.64. The van der Waals surface area contributed by atoms with Gasteiger partial charge >= 0.3 is 0 Å². The Morgan fingerprint density at radius 3 is 1.59 bits per heavy atom. The first-order chi connectivity index (χ1) is 21.6. The van der Waals surface area contributed by atoms with Crippen molar-refractivity contribution in [3.63, 3.8) is 0 Å². The van der Waals surface area contributed by atoms with E-state index in [9.17, 15) is 9.59 Å². The highest BCUT2D eigenvalue weighted by atomic mass is 16.5. The zero-order valence-electron chi connectivity index (χ0n) is 25.2. The molecule has 8 nitrogen and oxygen atoms in total. The number of ketones is 2. The van der Waals surface area contributed by atoms with Crippen LogP contribution in [0.2, 0.25) is 0 Å². The maximum atomic E-state index is 13.7. The highest BCUT2D eigenvalue weighted by Gasteiger charge is 2.33. The van der Waals surface area contributed by atoms with Crippen molar-refractivity contribution in [2.75, 3.05) is 13.2 Å². The number of hydrogen-bond acceptors (Lipinski definition) is 8. The van der Waals surface area contributed by atoms with Crippen LogP contribution < -0.4 is 9.47 Å². The average Bonchev–Trinajstić information content (AvgIpc) is 3.06. The van der Waals surface area contributed by atoms with Crippen LogP contribution in [0.4, 0.5) is 22.7 Å². The van der Waals surface area contributed by atoms with E-state index in [-0.39, 0.29) is 28.4 Å². The number of carbonyl (C=O) groups is 2. The molecular weight excluding hydrogens is 552 g/mol. The van der Waals surface area contributed by atoms with Gasteiger partial charge in [0.1, 0.15) is 22.9 Å². The van der Waals surface area contributed by atoms with E-state index >= 15 is 0 Å². The van der Waals surface area contributed by atoms with E-state index in [1.807, 2.05) is 36.4 Å². The summed E-state index contributed by atoms with van der Waals surface area (Å²) in [5.41, 5.74) is 2.81. The van der Waals surface area contributed by atoms with Crippen LogP contribution in [0, 0.1) is 0 Å². The standard InChI is InChI=1S/C36H36N4O4/c1-3-5-9-23-43-27-17-13-25(14-18-27)37-39-32-22-21-31-33(36(42)30-12-8-7-11-29(30)35(31)41)34(32)40-38-26-15-19-28(20-16-26)44-24-10-6-4-2/h7-8,11-22H,3-6,9-10,23-24H2,1-2H3. The van der Waals surface area contributed by atoms with E-state index in [0.717, 1.165) is 50.0 Å². The zero-order valence-corrected chi connectivity index (χ0v) is 25.2. The topological polar surface area (TPSA) is 102 Å². The molecule has 1 aliphatic rings. The van der Waals surface area contributed by atoms with Gasteiger partial charge in [-0.3, -0.25) is 9.59 Å². The molecule has 44 heavy (non-hydrogen) atoms. The van der Waals surface area contributed by atoms with Gasteiger partial charge in [-0.25, -0.2) is 0 Å². The number of hydrogen-bond donors (Lipinski definition) is 0. The van der Waals surface area contributed by atoms with E-state index in [2.05, 4.69) is 34.3 Å². The van der Waals surface area contributed by atoms with Gasteiger partial charge in [0, 0.05) is 16.7 Å². The molecule has 5 rings (SSSR count). The molecule has 0 amide bonds. The minimum atomic E-state index is -0.304. The molecule has 0 heterocycles. The molecule has 0 unspecified atom stereocenters. The molecule has 224 valence electrons. The van der Waals surface area contributed by atoms with Crippen molar-refractivity contribution in [2.24, 2.45) is 20.5 Å². The first kappa shape index (κ1) is 30.5. The Bertz CT molecular complexity index is 1660. The van der Waals surface area contributed by atoms with E-state index in [1.54, 1.807) is 48.5 Å². The van der Waals surface area contributed by atoms with Crippen LogP contribution in [0.25, 0.3) is 0 Å². The van der Waals surface area contributed by atoms with Gasteiger partial charge in [0.05, 0.1) is 30.2 Å². The van der Waals surface area contributed by atoms with Crippen molar-refractivity contribution in [3.8, 4) is 11.5 Å². The van der Waals surface area contributed by atoms with E-state index < -0.39 is 0 Å². The van der Waals surface area contributed by atoms with Crippen molar-refractivity contribution in [1.29, 1.82) is 0 Å². The Hall–Kier alpha value is -4.98. The fraction of sp³-hybridized carbons (Fsp3) is 0.278. The lowest BCUT2D eigenvalue weighted by molar-refractivity contribution is 0.0979. The Labute approximate surface area is 257 Å². The monoisotopic (exact) mass is 588 g/mol. The third kappa shape index (κ3) is 7.32. The van der Waals surface area contributed by atoms with Gasteiger partial charge in [-0.2, -0.15) is 10.2 Å². The van der Waals surface area contributed by atoms with Crippen LogP contribution in [0.5, 0.6) is 11.5 Å². The summed E-state index contributed by atoms with van der Waals surface area (Å²) in [5, 5.41) is 17.7. The molecule has 0 spiro atoms. The molecule has 4 aromatic carbocycles. The normalized spacial score (nSPS) is 12.5. The smallest absolute Gasteiger partial charge is 0.196 e. The fourth-order valence-corrected chi connectivity index (χ4v) is 4.86. The number of azo groups is 2. The van der Waals surface area contributed by atoms with Gasteiger partial charge in [0.25, 0.3) is 0 Å². The van der Waals surface area contributed by atoms with Crippen LogP contribution in [0.3, 0.4) is 0 Å². The van der Waals surface area contributed by atoms with Crippen molar-refractivity contribution in [2.45, 2.75) is 52.4 Å². The molecule has 0 saturated heterocycles. The maximum Gasteiger partial charge on any atom is 0.196 e. The minimum Gasteiger partial charge on any atom is -0.494 e. The van der Waals surface area contributed by atoms with Gasteiger partial charge in [0.2, 0.25) is 0 Å². The second-order valence-electron chi connectivity index (χ2n) is 10.6. The molecular formula is C36H36N4O4. The van der Waals surface area contributed by atoms with Crippen molar-refractivity contribution < 1.29 is 19.1 Å². The highest BCUT2D eigenvalue weighted by molar-refractivity contribution is 6.30. The maximum absolute atomic E-state index is 13.7. The van der Waals surface area contributed by atoms with Crippen LogP contribution in [-0.2, 0) is 0 Å². The molecule has 8 heteroatoms. The molecule has 0 bridgehead atoms. The van der Waals surface area contributed by atoms with Gasteiger partial charge in [0.15, 0.2) is 11.6 Å².